The van der Waals surface area contributed by atoms with Crippen molar-refractivity contribution in [1.82, 2.24) is 0 Å². The van der Waals surface area contributed by atoms with E-state index in [-0.39, 0.29) is 31.1 Å². The largest absolute Gasteiger partial charge is 0.462 e. The maximum atomic E-state index is 12.9. The highest BCUT2D eigenvalue weighted by atomic mass is 16.6. The number of hydrogen-bond acceptors (Lipinski definition) is 6. The fourth-order valence-electron chi connectivity index (χ4n) is 8.56. The van der Waals surface area contributed by atoms with Gasteiger partial charge in [0.15, 0.2) is 6.10 Å². The van der Waals surface area contributed by atoms with E-state index in [1.165, 1.54) is 135 Å². The van der Waals surface area contributed by atoms with E-state index in [0.29, 0.717) is 19.3 Å². The Balaban J connectivity index is 4.42. The van der Waals surface area contributed by atoms with Gasteiger partial charge in [0.05, 0.1) is 0 Å². The fraction of sp³-hybridized carbons (Fsp3) is 0.742. The van der Waals surface area contributed by atoms with Crippen molar-refractivity contribution in [2.45, 2.75) is 303 Å². The molecule has 0 saturated heterocycles. The standard InChI is InChI=1S/C66H114O6/c1-4-7-10-13-16-19-22-25-28-30-31-32-33-34-35-36-39-41-44-47-50-53-56-59-65(68)71-62-63(61-70-64(67)58-55-52-49-46-43-40-37-27-24-21-18-15-12-9-6-3)72-66(69)60-57-54-51-48-45-42-38-29-26-23-20-17-14-11-8-5-2/h7,10,16,19,25,28-29,31-32,34-35,38-39,41,63H,4-6,8-9,11-15,17-18,20-24,26-27,30,33,36-37,40,42-62H2,1-3H3/b10-7-,19-16-,28-25-,32-31-,35-34-,38-29-,41-39-. The summed E-state index contributed by atoms with van der Waals surface area (Å²) in [6.07, 6.45) is 78.6. The molecule has 0 aliphatic heterocycles. The summed E-state index contributed by atoms with van der Waals surface area (Å²) < 4.78 is 16.9. The molecule has 0 aromatic rings. The van der Waals surface area contributed by atoms with Crippen LogP contribution >= 0.6 is 0 Å². The lowest BCUT2D eigenvalue weighted by molar-refractivity contribution is -0.167. The Morgan fingerprint density at radius 3 is 0.861 bits per heavy atom. The van der Waals surface area contributed by atoms with Crippen molar-refractivity contribution in [3.63, 3.8) is 0 Å². The van der Waals surface area contributed by atoms with Crippen LogP contribution in [-0.4, -0.2) is 37.2 Å². The molecule has 1 unspecified atom stereocenters. The zero-order valence-electron chi connectivity index (χ0n) is 47.4. The highest BCUT2D eigenvalue weighted by Gasteiger charge is 2.19. The van der Waals surface area contributed by atoms with Crippen LogP contribution in [0.5, 0.6) is 0 Å². The van der Waals surface area contributed by atoms with Gasteiger partial charge in [-0.1, -0.05) is 266 Å². The van der Waals surface area contributed by atoms with Crippen molar-refractivity contribution in [2.24, 2.45) is 0 Å². The van der Waals surface area contributed by atoms with Gasteiger partial charge in [0, 0.05) is 19.3 Å². The quantitative estimate of drug-likeness (QED) is 0.0261. The zero-order chi connectivity index (χ0) is 52.2. The van der Waals surface area contributed by atoms with Crippen LogP contribution in [0.25, 0.3) is 0 Å². The molecular formula is C66H114O6. The normalized spacial score (nSPS) is 12.7. The average molecular weight is 1000 g/mol. The summed E-state index contributed by atoms with van der Waals surface area (Å²) in [4.78, 5) is 38.2. The topological polar surface area (TPSA) is 78.9 Å². The van der Waals surface area contributed by atoms with E-state index in [4.69, 9.17) is 14.2 Å². The second kappa shape index (κ2) is 60.1. The van der Waals surface area contributed by atoms with Gasteiger partial charge in [-0.05, 0) is 96.3 Å². The van der Waals surface area contributed by atoms with Gasteiger partial charge in [-0.2, -0.15) is 0 Å². The molecule has 0 rings (SSSR count). The monoisotopic (exact) mass is 1000 g/mol. The lowest BCUT2D eigenvalue weighted by Gasteiger charge is -2.18. The Hall–Kier alpha value is -3.41. The molecule has 0 aliphatic carbocycles. The van der Waals surface area contributed by atoms with Crippen LogP contribution in [0.4, 0.5) is 0 Å². The van der Waals surface area contributed by atoms with Gasteiger partial charge in [-0.15, -0.1) is 0 Å². The van der Waals surface area contributed by atoms with Crippen LogP contribution in [0.1, 0.15) is 297 Å². The molecule has 0 bridgehead atoms. The number of carbonyl (C=O) groups excluding carboxylic acids is 3. The lowest BCUT2D eigenvalue weighted by Crippen LogP contribution is -2.30. The van der Waals surface area contributed by atoms with Crippen molar-refractivity contribution >= 4 is 17.9 Å². The van der Waals surface area contributed by atoms with Crippen LogP contribution in [0, 0.1) is 0 Å². The first kappa shape index (κ1) is 68.6. The van der Waals surface area contributed by atoms with E-state index in [0.717, 1.165) is 122 Å². The molecule has 0 saturated carbocycles. The summed E-state index contributed by atoms with van der Waals surface area (Å²) in [7, 11) is 0. The Labute approximate surface area is 445 Å². The van der Waals surface area contributed by atoms with E-state index in [1.54, 1.807) is 0 Å². The molecule has 0 aromatic heterocycles. The van der Waals surface area contributed by atoms with Gasteiger partial charge in [-0.3, -0.25) is 14.4 Å². The van der Waals surface area contributed by atoms with E-state index in [9.17, 15) is 14.4 Å². The van der Waals surface area contributed by atoms with E-state index in [2.05, 4.69) is 106 Å². The van der Waals surface area contributed by atoms with Crippen LogP contribution in [-0.2, 0) is 28.6 Å². The minimum Gasteiger partial charge on any atom is -0.462 e. The molecule has 0 N–H and O–H groups in total. The molecule has 6 nitrogen and oxygen atoms in total. The summed E-state index contributed by atoms with van der Waals surface area (Å²) in [6, 6.07) is 0. The van der Waals surface area contributed by atoms with Crippen molar-refractivity contribution < 1.29 is 28.6 Å². The SMILES string of the molecule is CC/C=C\C/C=C\C/C=C\C/C=C\C/C=C\C/C=C\CCCCCCC(=O)OCC(COC(=O)CCCCCCCCCCCCCCCCC)OC(=O)CCCCCCC/C=C\CCCCCCCCC. The number of rotatable bonds is 55. The molecule has 1 atom stereocenters. The van der Waals surface area contributed by atoms with Gasteiger partial charge < -0.3 is 14.2 Å². The Morgan fingerprint density at radius 1 is 0.292 bits per heavy atom. The Bertz CT molecular complexity index is 1380. The van der Waals surface area contributed by atoms with Gasteiger partial charge in [0.1, 0.15) is 13.2 Å². The number of ether oxygens (including phenoxy) is 3. The smallest absolute Gasteiger partial charge is 0.306 e. The fourth-order valence-corrected chi connectivity index (χ4v) is 8.56. The minimum absolute atomic E-state index is 0.0856. The number of allylic oxidation sites excluding steroid dienone is 14. The maximum Gasteiger partial charge on any atom is 0.306 e. The van der Waals surface area contributed by atoms with Crippen LogP contribution in [0.2, 0.25) is 0 Å². The molecule has 6 heteroatoms. The van der Waals surface area contributed by atoms with Crippen molar-refractivity contribution in [2.75, 3.05) is 13.2 Å². The molecule has 0 amide bonds. The number of esters is 3. The van der Waals surface area contributed by atoms with Crippen LogP contribution in [0.3, 0.4) is 0 Å². The number of unbranched alkanes of at least 4 members (excludes halogenated alkanes) is 30. The summed E-state index contributed by atoms with van der Waals surface area (Å²) in [5.41, 5.74) is 0. The predicted octanol–water partition coefficient (Wildman–Crippen LogP) is 20.7. The van der Waals surface area contributed by atoms with E-state index >= 15 is 0 Å². The molecular weight excluding hydrogens is 889 g/mol. The molecule has 0 fully saturated rings. The summed E-state index contributed by atoms with van der Waals surface area (Å²) in [5.74, 6) is -0.909. The molecule has 414 valence electrons. The maximum absolute atomic E-state index is 12.9. The van der Waals surface area contributed by atoms with Crippen LogP contribution in [0.15, 0.2) is 85.1 Å². The molecule has 0 aromatic carbocycles. The highest BCUT2D eigenvalue weighted by Crippen LogP contribution is 2.16. The summed E-state index contributed by atoms with van der Waals surface area (Å²) in [5, 5.41) is 0. The number of carbonyl (C=O) groups is 3. The second-order valence-electron chi connectivity index (χ2n) is 20.2. The van der Waals surface area contributed by atoms with Crippen LogP contribution < -0.4 is 0 Å². The van der Waals surface area contributed by atoms with E-state index < -0.39 is 6.10 Å². The predicted molar refractivity (Wildman–Crippen MR) is 311 cm³/mol. The molecule has 0 radical (unpaired) electrons. The molecule has 0 heterocycles. The molecule has 0 spiro atoms. The average Bonchev–Trinajstić information content (AvgIpc) is 3.38. The van der Waals surface area contributed by atoms with Gasteiger partial charge >= 0.3 is 17.9 Å². The first-order valence-corrected chi connectivity index (χ1v) is 30.6. The zero-order valence-corrected chi connectivity index (χ0v) is 47.4. The minimum atomic E-state index is -0.791. The second-order valence-corrected chi connectivity index (χ2v) is 20.2. The highest BCUT2D eigenvalue weighted by molar-refractivity contribution is 5.71. The first-order chi connectivity index (χ1) is 35.5. The molecule has 0 aliphatic rings. The van der Waals surface area contributed by atoms with Crippen molar-refractivity contribution in [1.29, 1.82) is 0 Å². The van der Waals surface area contributed by atoms with Gasteiger partial charge in [-0.25, -0.2) is 0 Å². The third-order valence-corrected chi connectivity index (χ3v) is 13.1. The summed E-state index contributed by atoms with van der Waals surface area (Å²) >= 11 is 0. The third kappa shape index (κ3) is 57.5. The number of hydrogen-bond donors (Lipinski definition) is 0. The van der Waals surface area contributed by atoms with Crippen molar-refractivity contribution in [3.05, 3.63) is 85.1 Å². The Kier molecular flexibility index (Phi) is 57.3. The first-order valence-electron chi connectivity index (χ1n) is 30.6. The Morgan fingerprint density at radius 2 is 0.542 bits per heavy atom. The lowest BCUT2D eigenvalue weighted by atomic mass is 10.0. The van der Waals surface area contributed by atoms with Gasteiger partial charge in [0.2, 0.25) is 0 Å². The van der Waals surface area contributed by atoms with Gasteiger partial charge in [0.25, 0.3) is 0 Å². The summed E-state index contributed by atoms with van der Waals surface area (Å²) in [6.45, 7) is 6.52. The van der Waals surface area contributed by atoms with E-state index in [1.807, 2.05) is 0 Å². The molecule has 72 heavy (non-hydrogen) atoms. The van der Waals surface area contributed by atoms with Crippen molar-refractivity contribution in [3.8, 4) is 0 Å². The third-order valence-electron chi connectivity index (χ3n) is 13.1.